The van der Waals surface area contributed by atoms with Gasteiger partial charge >= 0.3 is 0 Å². The van der Waals surface area contributed by atoms with Gasteiger partial charge in [0.2, 0.25) is 5.91 Å². The molecule has 78 valence electrons. The van der Waals surface area contributed by atoms with E-state index >= 15 is 0 Å². The predicted molar refractivity (Wildman–Crippen MR) is 46.8 cm³/mol. The number of alkyl halides is 2. The molecule has 0 heterocycles. The Kier molecular flexibility index (Phi) is 6.40. The van der Waals surface area contributed by atoms with Crippen LogP contribution in [0.3, 0.4) is 0 Å². The Balaban J connectivity index is 3.40. The Labute approximate surface area is 76.9 Å². The third-order valence-electron chi connectivity index (χ3n) is 1.68. The predicted octanol–water partition coefficient (Wildman–Crippen LogP) is 0.756. The number of halogens is 2. The van der Waals surface area contributed by atoms with Crippen molar-refractivity contribution in [3.05, 3.63) is 0 Å². The number of hydrogen-bond acceptors (Lipinski definition) is 2. The fourth-order valence-corrected chi connectivity index (χ4v) is 0.665. The molecule has 0 bridgehead atoms. The summed E-state index contributed by atoms with van der Waals surface area (Å²) in [7, 11) is 0. The lowest BCUT2D eigenvalue weighted by atomic mass is 10.2. The van der Waals surface area contributed by atoms with Gasteiger partial charge in [0.25, 0.3) is 6.43 Å². The lowest BCUT2D eigenvalue weighted by Crippen LogP contribution is -2.39. The summed E-state index contributed by atoms with van der Waals surface area (Å²) in [5.41, 5.74) is 0. The molecule has 0 aliphatic heterocycles. The highest BCUT2D eigenvalue weighted by molar-refractivity contribution is 5.77. The zero-order chi connectivity index (χ0) is 10.3. The highest BCUT2D eigenvalue weighted by Gasteiger charge is 2.06. The second-order valence-corrected chi connectivity index (χ2v) is 2.89. The van der Waals surface area contributed by atoms with Gasteiger partial charge in [-0.15, -0.1) is 0 Å². The molecule has 2 N–H and O–H groups in total. The molecule has 0 saturated heterocycles. The van der Waals surface area contributed by atoms with E-state index in [-0.39, 0.29) is 18.5 Å². The number of nitrogens with one attached hydrogen (secondary N) is 2. The molecule has 0 aliphatic carbocycles. The summed E-state index contributed by atoms with van der Waals surface area (Å²) in [6.07, 6.45) is -1.57. The van der Waals surface area contributed by atoms with Crippen LogP contribution in [0.15, 0.2) is 0 Å². The van der Waals surface area contributed by atoms with E-state index in [9.17, 15) is 13.6 Å². The summed E-state index contributed by atoms with van der Waals surface area (Å²) in [5.74, 6) is -0.388. The maximum absolute atomic E-state index is 11.6. The average Bonchev–Trinajstić information content (AvgIpc) is 2.10. The summed E-state index contributed by atoms with van der Waals surface area (Å²) < 4.78 is 23.3. The van der Waals surface area contributed by atoms with Crippen molar-refractivity contribution < 1.29 is 13.6 Å². The topological polar surface area (TPSA) is 41.1 Å². The molecular formula is C8H16F2N2O. The molecule has 0 fully saturated rings. The molecule has 0 rings (SSSR count). The quantitative estimate of drug-likeness (QED) is 0.655. The summed E-state index contributed by atoms with van der Waals surface area (Å²) in [5, 5.41) is 5.01. The third kappa shape index (κ3) is 7.64. The highest BCUT2D eigenvalue weighted by atomic mass is 19.3. The van der Waals surface area contributed by atoms with Gasteiger partial charge in [-0.25, -0.2) is 8.78 Å². The van der Waals surface area contributed by atoms with E-state index in [1.165, 1.54) is 0 Å². The van der Waals surface area contributed by atoms with Crippen molar-refractivity contribution in [2.24, 2.45) is 0 Å². The monoisotopic (exact) mass is 194 g/mol. The molecule has 0 aromatic rings. The number of carbonyl (C=O) groups is 1. The van der Waals surface area contributed by atoms with Gasteiger partial charge < -0.3 is 10.6 Å². The lowest BCUT2D eigenvalue weighted by Gasteiger charge is -2.10. The van der Waals surface area contributed by atoms with Gasteiger partial charge in [0.1, 0.15) is 0 Å². The smallest absolute Gasteiger partial charge is 0.255 e. The first-order chi connectivity index (χ1) is 6.06. The van der Waals surface area contributed by atoms with Gasteiger partial charge in [0, 0.05) is 6.04 Å². The van der Waals surface area contributed by atoms with Crippen molar-refractivity contribution in [3.8, 4) is 0 Å². The van der Waals surface area contributed by atoms with Crippen LogP contribution in [0.1, 0.15) is 20.3 Å². The molecule has 0 aliphatic rings. The van der Waals surface area contributed by atoms with E-state index < -0.39 is 13.0 Å². The average molecular weight is 194 g/mol. The first-order valence-electron chi connectivity index (χ1n) is 4.34. The Hall–Kier alpha value is -0.710. The molecular weight excluding hydrogens is 178 g/mol. The van der Waals surface area contributed by atoms with Crippen LogP contribution in [0.2, 0.25) is 0 Å². The maximum atomic E-state index is 11.6. The zero-order valence-corrected chi connectivity index (χ0v) is 7.94. The number of amides is 1. The summed E-state index contributed by atoms with van der Waals surface area (Å²) in [6.45, 7) is 3.44. The lowest BCUT2D eigenvalue weighted by molar-refractivity contribution is -0.121. The summed E-state index contributed by atoms with van der Waals surface area (Å²) in [4.78, 5) is 10.9. The van der Waals surface area contributed by atoms with Crippen LogP contribution >= 0.6 is 0 Å². The normalized spacial score (nSPS) is 13.0. The van der Waals surface area contributed by atoms with E-state index in [1.807, 2.05) is 13.8 Å². The van der Waals surface area contributed by atoms with E-state index in [2.05, 4.69) is 10.6 Å². The zero-order valence-electron chi connectivity index (χ0n) is 7.94. The minimum Gasteiger partial charge on any atom is -0.349 e. The molecule has 0 spiro atoms. The standard InChI is InChI=1S/C8H16F2N2O/c1-3-6(2)11-5-8(13)12-4-7(9)10/h6-7,11H,3-5H2,1-2H3,(H,12,13). The van der Waals surface area contributed by atoms with Gasteiger partial charge in [-0.05, 0) is 13.3 Å². The van der Waals surface area contributed by atoms with Crippen molar-refractivity contribution in [1.82, 2.24) is 10.6 Å². The van der Waals surface area contributed by atoms with Gasteiger partial charge in [-0.1, -0.05) is 6.92 Å². The molecule has 0 saturated carbocycles. The fourth-order valence-electron chi connectivity index (χ4n) is 0.665. The number of carbonyl (C=O) groups excluding carboxylic acids is 1. The van der Waals surface area contributed by atoms with E-state index in [0.29, 0.717) is 0 Å². The largest absolute Gasteiger partial charge is 0.349 e. The molecule has 0 radical (unpaired) electrons. The van der Waals surface area contributed by atoms with Crippen LogP contribution < -0.4 is 10.6 Å². The first kappa shape index (κ1) is 12.3. The molecule has 3 nitrogen and oxygen atoms in total. The molecule has 1 amide bonds. The van der Waals surface area contributed by atoms with E-state index in [0.717, 1.165) is 6.42 Å². The Morgan fingerprint density at radius 2 is 2.08 bits per heavy atom. The molecule has 5 heteroatoms. The van der Waals surface area contributed by atoms with Crippen LogP contribution in [-0.4, -0.2) is 31.5 Å². The second-order valence-electron chi connectivity index (χ2n) is 2.89. The van der Waals surface area contributed by atoms with Crippen LogP contribution in [-0.2, 0) is 4.79 Å². The van der Waals surface area contributed by atoms with Gasteiger partial charge in [0.15, 0.2) is 0 Å². The summed E-state index contributed by atoms with van der Waals surface area (Å²) >= 11 is 0. The third-order valence-corrected chi connectivity index (χ3v) is 1.68. The molecule has 13 heavy (non-hydrogen) atoms. The van der Waals surface area contributed by atoms with Gasteiger partial charge in [-0.3, -0.25) is 4.79 Å². The summed E-state index contributed by atoms with van der Waals surface area (Å²) in [6, 6.07) is 0.234. The van der Waals surface area contributed by atoms with Gasteiger partial charge in [-0.2, -0.15) is 0 Å². The van der Waals surface area contributed by atoms with Crippen molar-refractivity contribution in [3.63, 3.8) is 0 Å². The first-order valence-corrected chi connectivity index (χ1v) is 4.34. The second kappa shape index (κ2) is 6.77. The van der Waals surface area contributed by atoms with Crippen molar-refractivity contribution in [2.75, 3.05) is 13.1 Å². The Morgan fingerprint density at radius 1 is 1.46 bits per heavy atom. The minimum absolute atomic E-state index is 0.0989. The van der Waals surface area contributed by atoms with Crippen molar-refractivity contribution in [2.45, 2.75) is 32.7 Å². The van der Waals surface area contributed by atoms with Crippen LogP contribution in [0.25, 0.3) is 0 Å². The molecule has 1 atom stereocenters. The number of rotatable bonds is 6. The van der Waals surface area contributed by atoms with Crippen LogP contribution in [0, 0.1) is 0 Å². The molecule has 1 unspecified atom stereocenters. The van der Waals surface area contributed by atoms with Crippen LogP contribution in [0.4, 0.5) is 8.78 Å². The number of hydrogen-bond donors (Lipinski definition) is 2. The minimum atomic E-state index is -2.48. The fraction of sp³-hybridized carbons (Fsp3) is 0.875. The van der Waals surface area contributed by atoms with E-state index in [1.54, 1.807) is 0 Å². The van der Waals surface area contributed by atoms with Crippen LogP contribution in [0.5, 0.6) is 0 Å². The van der Waals surface area contributed by atoms with Crippen molar-refractivity contribution in [1.29, 1.82) is 0 Å². The maximum Gasteiger partial charge on any atom is 0.255 e. The van der Waals surface area contributed by atoms with E-state index in [4.69, 9.17) is 0 Å². The SMILES string of the molecule is CCC(C)NCC(=O)NCC(F)F. The Bertz CT molecular complexity index is 153. The van der Waals surface area contributed by atoms with Crippen molar-refractivity contribution >= 4 is 5.91 Å². The Morgan fingerprint density at radius 3 is 2.54 bits per heavy atom. The molecule has 0 aromatic heterocycles. The van der Waals surface area contributed by atoms with Gasteiger partial charge in [0.05, 0.1) is 13.1 Å². The highest BCUT2D eigenvalue weighted by Crippen LogP contribution is 1.88. The molecule has 0 aromatic carbocycles.